The summed E-state index contributed by atoms with van der Waals surface area (Å²) in [6, 6.07) is 5.53. The average Bonchev–Trinajstić information content (AvgIpc) is 2.84. The second kappa shape index (κ2) is 4.83. The minimum atomic E-state index is -3.35. The van der Waals surface area contributed by atoms with Gasteiger partial charge in [-0.15, -0.1) is 0 Å². The highest BCUT2D eigenvalue weighted by molar-refractivity contribution is 7.89. The molecule has 0 saturated carbocycles. The van der Waals surface area contributed by atoms with Crippen molar-refractivity contribution in [3.63, 3.8) is 0 Å². The molecule has 110 valence electrons. The Kier molecular flexibility index (Phi) is 3.39. The highest BCUT2D eigenvalue weighted by atomic mass is 32.2. The smallest absolute Gasteiger partial charge is 0.243 e. The van der Waals surface area contributed by atoms with Gasteiger partial charge in [0.2, 0.25) is 10.0 Å². The molecule has 0 atom stereocenters. The van der Waals surface area contributed by atoms with E-state index >= 15 is 0 Å². The molecule has 4 nitrogen and oxygen atoms in total. The van der Waals surface area contributed by atoms with Crippen molar-refractivity contribution in [2.75, 3.05) is 13.1 Å². The third kappa shape index (κ3) is 2.50. The van der Waals surface area contributed by atoms with Gasteiger partial charge in [0.1, 0.15) is 0 Å². The number of nitrogens with zero attached hydrogens (tertiary/aromatic N) is 1. The van der Waals surface area contributed by atoms with E-state index in [1.54, 1.807) is 10.4 Å². The standard InChI is InChI=1S/C15H22N2O2S/c1-15(2)6-3-7-17(11-15)20(18,19)14-5-4-12-9-16-10-13(12)8-14/h4-5,8,16H,3,6-7,9-11H2,1-2H3. The lowest BCUT2D eigenvalue weighted by atomic mass is 9.85. The van der Waals surface area contributed by atoms with Crippen molar-refractivity contribution in [3.05, 3.63) is 29.3 Å². The molecule has 0 amide bonds. The highest BCUT2D eigenvalue weighted by Gasteiger charge is 2.34. The van der Waals surface area contributed by atoms with Crippen molar-refractivity contribution >= 4 is 10.0 Å². The van der Waals surface area contributed by atoms with E-state index in [1.165, 1.54) is 5.56 Å². The maximum Gasteiger partial charge on any atom is 0.243 e. The molecule has 1 aromatic rings. The van der Waals surface area contributed by atoms with Gasteiger partial charge in [0.15, 0.2) is 0 Å². The van der Waals surface area contributed by atoms with Crippen LogP contribution in [0.4, 0.5) is 0 Å². The quantitative estimate of drug-likeness (QED) is 0.909. The van der Waals surface area contributed by atoms with Gasteiger partial charge in [0.25, 0.3) is 0 Å². The molecule has 5 heteroatoms. The van der Waals surface area contributed by atoms with Crippen molar-refractivity contribution in [1.82, 2.24) is 9.62 Å². The van der Waals surface area contributed by atoms with Crippen LogP contribution in [0, 0.1) is 5.41 Å². The molecule has 0 bridgehead atoms. The van der Waals surface area contributed by atoms with Gasteiger partial charge in [0, 0.05) is 26.2 Å². The molecule has 0 aliphatic carbocycles. The first-order valence-corrected chi connectivity index (χ1v) is 8.65. The van der Waals surface area contributed by atoms with Crippen molar-refractivity contribution in [2.45, 2.75) is 44.7 Å². The average molecular weight is 294 g/mol. The van der Waals surface area contributed by atoms with Crippen LogP contribution in [-0.2, 0) is 23.1 Å². The molecule has 0 aromatic heterocycles. The fourth-order valence-electron chi connectivity index (χ4n) is 3.16. The van der Waals surface area contributed by atoms with Gasteiger partial charge >= 0.3 is 0 Å². The van der Waals surface area contributed by atoms with Crippen molar-refractivity contribution < 1.29 is 8.42 Å². The third-order valence-electron chi connectivity index (χ3n) is 4.31. The summed E-state index contributed by atoms with van der Waals surface area (Å²) in [5.41, 5.74) is 2.40. The van der Waals surface area contributed by atoms with E-state index in [-0.39, 0.29) is 5.41 Å². The maximum atomic E-state index is 12.8. The number of benzene rings is 1. The summed E-state index contributed by atoms with van der Waals surface area (Å²) in [4.78, 5) is 0.442. The fraction of sp³-hybridized carbons (Fsp3) is 0.600. The van der Waals surface area contributed by atoms with Gasteiger partial charge in [-0.1, -0.05) is 19.9 Å². The summed E-state index contributed by atoms with van der Waals surface area (Å²) in [5.74, 6) is 0. The monoisotopic (exact) mass is 294 g/mol. The molecule has 0 radical (unpaired) electrons. The van der Waals surface area contributed by atoms with Crippen LogP contribution >= 0.6 is 0 Å². The lowest BCUT2D eigenvalue weighted by Crippen LogP contribution is -2.43. The Bertz CT molecular complexity index is 623. The fourth-order valence-corrected chi connectivity index (χ4v) is 4.87. The summed E-state index contributed by atoms with van der Waals surface area (Å²) in [5, 5.41) is 3.25. The van der Waals surface area contributed by atoms with Gasteiger partial charge < -0.3 is 5.32 Å². The van der Waals surface area contributed by atoms with E-state index in [9.17, 15) is 8.42 Å². The Morgan fingerprint density at radius 3 is 2.70 bits per heavy atom. The second-order valence-corrected chi connectivity index (χ2v) is 8.58. The van der Waals surface area contributed by atoms with Crippen LogP contribution < -0.4 is 5.32 Å². The number of sulfonamides is 1. The first kappa shape index (κ1) is 14.0. The Morgan fingerprint density at radius 1 is 1.20 bits per heavy atom. The summed E-state index contributed by atoms with van der Waals surface area (Å²) >= 11 is 0. The molecule has 1 saturated heterocycles. The molecule has 1 fully saturated rings. The molecule has 2 aliphatic heterocycles. The maximum absolute atomic E-state index is 12.8. The van der Waals surface area contributed by atoms with Crippen LogP contribution in [0.3, 0.4) is 0 Å². The number of hydrogen-bond acceptors (Lipinski definition) is 3. The van der Waals surface area contributed by atoms with E-state index in [0.29, 0.717) is 18.0 Å². The summed E-state index contributed by atoms with van der Waals surface area (Å²) in [7, 11) is -3.35. The van der Waals surface area contributed by atoms with Crippen LogP contribution in [-0.4, -0.2) is 25.8 Å². The molecule has 1 N–H and O–H groups in total. The van der Waals surface area contributed by atoms with Crippen molar-refractivity contribution in [1.29, 1.82) is 0 Å². The number of fused-ring (bicyclic) bond motifs is 1. The van der Waals surface area contributed by atoms with Crippen LogP contribution in [0.15, 0.2) is 23.1 Å². The Morgan fingerprint density at radius 2 is 1.95 bits per heavy atom. The molecular weight excluding hydrogens is 272 g/mol. The molecule has 3 rings (SSSR count). The lowest BCUT2D eigenvalue weighted by molar-refractivity contribution is 0.187. The van der Waals surface area contributed by atoms with Gasteiger partial charge in [0.05, 0.1) is 4.90 Å². The second-order valence-electron chi connectivity index (χ2n) is 6.64. The Labute approximate surface area is 121 Å². The number of piperidine rings is 1. The van der Waals surface area contributed by atoms with Crippen LogP contribution in [0.25, 0.3) is 0 Å². The Hall–Kier alpha value is -0.910. The van der Waals surface area contributed by atoms with E-state index in [4.69, 9.17) is 0 Å². The summed E-state index contributed by atoms with van der Waals surface area (Å²) < 4.78 is 27.2. The number of nitrogens with one attached hydrogen (secondary N) is 1. The number of rotatable bonds is 2. The molecule has 2 aliphatic rings. The van der Waals surface area contributed by atoms with Crippen LogP contribution in [0.5, 0.6) is 0 Å². The minimum Gasteiger partial charge on any atom is -0.309 e. The zero-order valence-electron chi connectivity index (χ0n) is 12.1. The first-order chi connectivity index (χ1) is 9.38. The zero-order valence-corrected chi connectivity index (χ0v) is 13.0. The van der Waals surface area contributed by atoms with E-state index in [2.05, 4.69) is 19.2 Å². The van der Waals surface area contributed by atoms with E-state index in [0.717, 1.165) is 31.5 Å². The molecule has 1 aromatic carbocycles. The van der Waals surface area contributed by atoms with Crippen LogP contribution in [0.2, 0.25) is 0 Å². The van der Waals surface area contributed by atoms with Gasteiger partial charge in [-0.25, -0.2) is 8.42 Å². The molecule has 0 unspecified atom stereocenters. The zero-order chi connectivity index (χ0) is 14.4. The predicted molar refractivity (Wildman–Crippen MR) is 78.8 cm³/mol. The summed E-state index contributed by atoms with van der Waals surface area (Å²) in [6.45, 7) is 7.14. The summed E-state index contributed by atoms with van der Waals surface area (Å²) in [6.07, 6.45) is 2.03. The lowest BCUT2D eigenvalue weighted by Gasteiger charge is -2.37. The van der Waals surface area contributed by atoms with Gasteiger partial charge in [-0.2, -0.15) is 4.31 Å². The third-order valence-corrected chi connectivity index (χ3v) is 6.15. The normalized spacial score (nSPS) is 22.7. The number of hydrogen-bond donors (Lipinski definition) is 1. The van der Waals surface area contributed by atoms with Crippen LogP contribution in [0.1, 0.15) is 37.8 Å². The molecule has 2 heterocycles. The SMILES string of the molecule is CC1(C)CCCN(S(=O)(=O)c2ccc3c(c2)CNC3)C1. The van der Waals surface area contributed by atoms with Gasteiger partial charge in [-0.3, -0.25) is 0 Å². The minimum absolute atomic E-state index is 0.0730. The molecule has 20 heavy (non-hydrogen) atoms. The molecule has 0 spiro atoms. The highest BCUT2D eigenvalue weighted by Crippen LogP contribution is 2.32. The first-order valence-electron chi connectivity index (χ1n) is 7.21. The predicted octanol–water partition coefficient (Wildman–Crippen LogP) is 2.10. The van der Waals surface area contributed by atoms with E-state index < -0.39 is 10.0 Å². The Balaban J connectivity index is 1.92. The van der Waals surface area contributed by atoms with E-state index in [1.807, 2.05) is 12.1 Å². The largest absolute Gasteiger partial charge is 0.309 e. The van der Waals surface area contributed by atoms with Crippen molar-refractivity contribution in [3.8, 4) is 0 Å². The van der Waals surface area contributed by atoms with Gasteiger partial charge in [-0.05, 0) is 41.5 Å². The topological polar surface area (TPSA) is 49.4 Å². The van der Waals surface area contributed by atoms with Crippen molar-refractivity contribution in [2.24, 2.45) is 5.41 Å². The molecular formula is C15H22N2O2S.